The number of hydrogen-bond acceptors (Lipinski definition) is 3. The Morgan fingerprint density at radius 3 is 2.37 bits per heavy atom. The first kappa shape index (κ1) is 13.6. The van der Waals surface area contributed by atoms with Crippen LogP contribution in [0.4, 0.5) is 0 Å². The van der Waals surface area contributed by atoms with Crippen molar-refractivity contribution in [2.24, 2.45) is 0 Å². The molecule has 2 aromatic rings. The molecule has 19 heavy (non-hydrogen) atoms. The monoisotopic (exact) mass is 277 g/mol. The molecule has 0 amide bonds. The maximum Gasteiger partial charge on any atom is 0.243 e. The van der Waals surface area contributed by atoms with E-state index in [0.29, 0.717) is 0 Å². The number of aromatic hydroxyl groups is 1. The lowest BCUT2D eigenvalue weighted by Crippen LogP contribution is -2.26. The van der Waals surface area contributed by atoms with Crippen molar-refractivity contribution in [2.45, 2.75) is 11.4 Å². The van der Waals surface area contributed by atoms with Crippen LogP contribution in [0.25, 0.3) is 0 Å². The number of nitrogens with zero attached hydrogens (tertiary/aromatic N) is 1. The van der Waals surface area contributed by atoms with Crippen LogP contribution in [0.2, 0.25) is 0 Å². The van der Waals surface area contributed by atoms with Crippen molar-refractivity contribution in [3.05, 3.63) is 60.2 Å². The van der Waals surface area contributed by atoms with Crippen LogP contribution in [0.5, 0.6) is 5.75 Å². The van der Waals surface area contributed by atoms with E-state index in [-0.39, 0.29) is 17.2 Å². The minimum Gasteiger partial charge on any atom is -0.508 e. The summed E-state index contributed by atoms with van der Waals surface area (Å²) in [6, 6.07) is 14.8. The lowest BCUT2D eigenvalue weighted by atomic mass is 10.2. The van der Waals surface area contributed by atoms with Crippen molar-refractivity contribution in [2.75, 3.05) is 7.05 Å². The fourth-order valence-corrected chi connectivity index (χ4v) is 2.95. The van der Waals surface area contributed by atoms with Crippen molar-refractivity contribution in [1.29, 1.82) is 0 Å². The van der Waals surface area contributed by atoms with Gasteiger partial charge in [-0.05, 0) is 29.8 Å². The molecule has 4 nitrogen and oxygen atoms in total. The molecule has 0 aliphatic rings. The Kier molecular flexibility index (Phi) is 3.87. The molecule has 0 aromatic heterocycles. The van der Waals surface area contributed by atoms with E-state index in [9.17, 15) is 13.5 Å². The highest BCUT2D eigenvalue weighted by atomic mass is 32.2. The van der Waals surface area contributed by atoms with Gasteiger partial charge in [-0.15, -0.1) is 0 Å². The molecule has 0 bridgehead atoms. The van der Waals surface area contributed by atoms with Crippen molar-refractivity contribution < 1.29 is 13.5 Å². The van der Waals surface area contributed by atoms with Crippen LogP contribution in [0.15, 0.2) is 59.5 Å². The molecule has 2 rings (SSSR count). The maximum atomic E-state index is 12.3. The summed E-state index contributed by atoms with van der Waals surface area (Å²) in [5.74, 6) is 0.128. The average molecular weight is 277 g/mol. The summed E-state index contributed by atoms with van der Waals surface area (Å²) in [7, 11) is -1.98. The molecule has 0 atom stereocenters. The molecular weight excluding hydrogens is 262 g/mol. The number of phenolic OH excluding ortho intramolecular Hbond substituents is 1. The van der Waals surface area contributed by atoms with Gasteiger partial charge < -0.3 is 5.11 Å². The number of hydrogen-bond donors (Lipinski definition) is 1. The highest BCUT2D eigenvalue weighted by Gasteiger charge is 2.20. The summed E-state index contributed by atoms with van der Waals surface area (Å²) in [6.45, 7) is 0.214. The Bertz CT molecular complexity index is 653. The summed E-state index contributed by atoms with van der Waals surface area (Å²) in [5.41, 5.74) is 0.738. The zero-order chi connectivity index (χ0) is 13.9. The van der Waals surface area contributed by atoms with Gasteiger partial charge in [-0.1, -0.05) is 30.3 Å². The van der Waals surface area contributed by atoms with Gasteiger partial charge in [0, 0.05) is 13.6 Å². The maximum absolute atomic E-state index is 12.3. The van der Waals surface area contributed by atoms with E-state index in [1.807, 2.05) is 0 Å². The van der Waals surface area contributed by atoms with E-state index in [1.54, 1.807) is 54.6 Å². The number of rotatable bonds is 4. The topological polar surface area (TPSA) is 57.6 Å². The average Bonchev–Trinajstić information content (AvgIpc) is 2.39. The van der Waals surface area contributed by atoms with Crippen LogP contribution in [0, 0.1) is 0 Å². The number of benzene rings is 2. The third kappa shape index (κ3) is 3.13. The molecule has 0 saturated heterocycles. The smallest absolute Gasteiger partial charge is 0.243 e. The van der Waals surface area contributed by atoms with Crippen molar-refractivity contribution in [3.63, 3.8) is 0 Å². The molecule has 0 radical (unpaired) electrons. The molecule has 1 N–H and O–H groups in total. The Balaban J connectivity index is 2.23. The van der Waals surface area contributed by atoms with Crippen LogP contribution in [0.1, 0.15) is 5.56 Å². The minimum atomic E-state index is -3.50. The predicted octanol–water partition coefficient (Wildman–Crippen LogP) is 2.21. The summed E-state index contributed by atoms with van der Waals surface area (Å²) in [4.78, 5) is 0.262. The third-order valence-electron chi connectivity index (χ3n) is 2.77. The molecular formula is C14H15NO3S. The zero-order valence-electron chi connectivity index (χ0n) is 10.5. The summed E-state index contributed by atoms with van der Waals surface area (Å²) in [6.07, 6.45) is 0. The third-order valence-corrected chi connectivity index (χ3v) is 4.58. The molecule has 0 aliphatic carbocycles. The Labute approximate surface area is 113 Å². The van der Waals surface area contributed by atoms with E-state index < -0.39 is 10.0 Å². The summed E-state index contributed by atoms with van der Waals surface area (Å²) >= 11 is 0. The molecule has 0 heterocycles. The zero-order valence-corrected chi connectivity index (χ0v) is 11.3. The van der Waals surface area contributed by atoms with Gasteiger partial charge in [0.05, 0.1) is 4.90 Å². The van der Waals surface area contributed by atoms with E-state index >= 15 is 0 Å². The van der Waals surface area contributed by atoms with Crippen LogP contribution in [0.3, 0.4) is 0 Å². The molecule has 0 aliphatic heterocycles. The normalized spacial score (nSPS) is 11.7. The number of phenols is 1. The standard InChI is InChI=1S/C14H15NO3S/c1-15(11-12-6-5-7-13(16)10-12)19(17,18)14-8-3-2-4-9-14/h2-10,16H,11H2,1H3. The second-order valence-corrected chi connectivity index (χ2v) is 6.29. The second-order valence-electron chi connectivity index (χ2n) is 4.24. The summed E-state index contributed by atoms with van der Waals surface area (Å²) in [5, 5.41) is 9.38. The van der Waals surface area contributed by atoms with Gasteiger partial charge in [-0.3, -0.25) is 0 Å². The highest BCUT2D eigenvalue weighted by molar-refractivity contribution is 7.89. The van der Waals surface area contributed by atoms with E-state index in [2.05, 4.69) is 0 Å². The minimum absolute atomic E-state index is 0.128. The first-order valence-electron chi connectivity index (χ1n) is 5.79. The van der Waals surface area contributed by atoms with Gasteiger partial charge in [-0.25, -0.2) is 8.42 Å². The number of sulfonamides is 1. The molecule has 0 saturated carbocycles. The second kappa shape index (κ2) is 5.42. The summed E-state index contributed by atoms with van der Waals surface area (Å²) < 4.78 is 25.8. The lowest BCUT2D eigenvalue weighted by molar-refractivity contribution is 0.458. The molecule has 0 fully saturated rings. The van der Waals surface area contributed by atoms with Crippen molar-refractivity contribution >= 4 is 10.0 Å². The molecule has 2 aromatic carbocycles. The van der Waals surface area contributed by atoms with Crippen LogP contribution in [-0.4, -0.2) is 24.9 Å². The Hall–Kier alpha value is -1.85. The molecule has 0 unspecified atom stereocenters. The van der Waals surface area contributed by atoms with E-state index in [0.717, 1.165) is 5.56 Å². The van der Waals surface area contributed by atoms with Crippen LogP contribution in [-0.2, 0) is 16.6 Å². The van der Waals surface area contributed by atoms with Gasteiger partial charge in [0.15, 0.2) is 0 Å². The van der Waals surface area contributed by atoms with Crippen LogP contribution < -0.4 is 0 Å². The SMILES string of the molecule is CN(Cc1cccc(O)c1)S(=O)(=O)c1ccccc1. The van der Waals surface area contributed by atoms with Gasteiger partial charge in [-0.2, -0.15) is 4.31 Å². The van der Waals surface area contributed by atoms with Gasteiger partial charge >= 0.3 is 0 Å². The Morgan fingerprint density at radius 2 is 1.74 bits per heavy atom. The fourth-order valence-electron chi connectivity index (χ4n) is 1.77. The van der Waals surface area contributed by atoms with Crippen molar-refractivity contribution in [1.82, 2.24) is 4.31 Å². The first-order chi connectivity index (χ1) is 9.00. The van der Waals surface area contributed by atoms with Gasteiger partial charge in [0.25, 0.3) is 0 Å². The first-order valence-corrected chi connectivity index (χ1v) is 7.23. The van der Waals surface area contributed by atoms with Gasteiger partial charge in [0.1, 0.15) is 5.75 Å². The van der Waals surface area contributed by atoms with E-state index in [1.165, 1.54) is 11.4 Å². The molecule has 5 heteroatoms. The van der Waals surface area contributed by atoms with Crippen LogP contribution >= 0.6 is 0 Å². The van der Waals surface area contributed by atoms with Gasteiger partial charge in [0.2, 0.25) is 10.0 Å². The quantitative estimate of drug-likeness (QED) is 0.932. The molecule has 100 valence electrons. The molecule has 0 spiro atoms. The lowest BCUT2D eigenvalue weighted by Gasteiger charge is -2.17. The van der Waals surface area contributed by atoms with E-state index in [4.69, 9.17) is 0 Å². The van der Waals surface area contributed by atoms with Crippen molar-refractivity contribution in [3.8, 4) is 5.75 Å². The Morgan fingerprint density at radius 1 is 1.05 bits per heavy atom. The predicted molar refractivity (Wildman–Crippen MR) is 73.2 cm³/mol. The fraction of sp³-hybridized carbons (Fsp3) is 0.143. The highest BCUT2D eigenvalue weighted by Crippen LogP contribution is 2.18. The largest absolute Gasteiger partial charge is 0.508 e.